The van der Waals surface area contributed by atoms with Gasteiger partial charge in [-0.3, -0.25) is 10.3 Å². The first kappa shape index (κ1) is 37.6. The van der Waals surface area contributed by atoms with Crippen molar-refractivity contribution in [2.24, 2.45) is 22.6 Å². The number of nitrogens with zero attached hydrogens (tertiary/aromatic N) is 2. The number of carboxylic acid groups (broad SMARTS) is 1. The molecule has 3 aliphatic heterocycles. The van der Waals surface area contributed by atoms with Crippen LogP contribution in [0.25, 0.3) is 0 Å². The maximum absolute atomic E-state index is 12.9. The van der Waals surface area contributed by atoms with Crippen LogP contribution in [-0.2, 0) is 33.3 Å². The number of esters is 1. The van der Waals surface area contributed by atoms with Crippen LogP contribution in [0.3, 0.4) is 0 Å². The van der Waals surface area contributed by atoms with Crippen molar-refractivity contribution in [1.29, 1.82) is 0 Å². The fourth-order valence-electron chi connectivity index (χ4n) is 5.20. The number of nitrogens with two attached hydrogens (primary N) is 1. The van der Waals surface area contributed by atoms with Crippen molar-refractivity contribution in [3.63, 3.8) is 0 Å². The summed E-state index contributed by atoms with van der Waals surface area (Å²) >= 11 is 0. The maximum Gasteiger partial charge on any atom is 0.339 e. The van der Waals surface area contributed by atoms with Crippen molar-refractivity contribution in [1.82, 2.24) is 15.5 Å². The first-order chi connectivity index (χ1) is 22.4. The molecular weight excluding hydrogens is 626 g/mol. The third-order valence-corrected chi connectivity index (χ3v) is 7.62. The Morgan fingerprint density at radius 2 is 2.02 bits per heavy atom. The molecule has 0 amide bonds. The van der Waals surface area contributed by atoms with Crippen LogP contribution < -0.4 is 16.4 Å². The largest absolute Gasteiger partial charge is 0.478 e. The smallest absolute Gasteiger partial charge is 0.339 e. The van der Waals surface area contributed by atoms with Crippen molar-refractivity contribution < 1.29 is 63.9 Å². The van der Waals surface area contributed by atoms with Gasteiger partial charge in [-0.2, -0.15) is 0 Å². The van der Waals surface area contributed by atoms with Crippen LogP contribution in [0.5, 0.6) is 0 Å². The molecule has 47 heavy (non-hydrogen) atoms. The standard InChI is InChI=1S/C29H43N5O13/c1-5-16-17(7-6-15-10-34(8-9-35)11-18(24(38)39)21(15)33-28(30)32-3)19(25(40)43-4)13-44-26(16)47-27-23(45-14-31-2)29(41,42)22(37)20(12-36)46-27/h5-7,11,13,16-17,20,22-23,26-27,31,35-37,41-42H,1,8-10,12,14H2,2-4H3,(H,38,39)(H3,30,32,33)/b7-6+/t16-,17+,20-,22-,23+,26+,27+/m1/s1. The quantitative estimate of drug-likeness (QED) is 0.0289. The van der Waals surface area contributed by atoms with Crippen LogP contribution in [0, 0.1) is 11.8 Å². The van der Waals surface area contributed by atoms with E-state index < -0.39 is 67.1 Å². The predicted octanol–water partition coefficient (Wildman–Crippen LogP) is -3.22. The number of guanidine groups is 1. The fraction of sp³-hybridized carbons (Fsp3) is 0.552. The number of β-amino-alcohol motifs (C(OH)–C–C–N with tert-alkyl or cyclic N) is 1. The highest BCUT2D eigenvalue weighted by molar-refractivity contribution is 5.95. The molecule has 0 aromatic carbocycles. The van der Waals surface area contributed by atoms with Crippen molar-refractivity contribution in [2.75, 3.05) is 54.2 Å². The van der Waals surface area contributed by atoms with Gasteiger partial charge >= 0.3 is 11.9 Å². The van der Waals surface area contributed by atoms with Gasteiger partial charge < -0.3 is 70.3 Å². The lowest BCUT2D eigenvalue weighted by molar-refractivity contribution is -0.410. The molecule has 7 atom stereocenters. The first-order valence-corrected chi connectivity index (χ1v) is 14.5. The number of aliphatic hydroxyl groups is 5. The van der Waals surface area contributed by atoms with E-state index in [0.717, 1.165) is 6.26 Å². The summed E-state index contributed by atoms with van der Waals surface area (Å²) in [5.41, 5.74) is 6.28. The molecule has 1 fully saturated rings. The molecule has 3 rings (SSSR count). The predicted molar refractivity (Wildman–Crippen MR) is 162 cm³/mol. The van der Waals surface area contributed by atoms with E-state index >= 15 is 0 Å². The summed E-state index contributed by atoms with van der Waals surface area (Å²) in [6.07, 6.45) is -1.06. The number of carbonyl (C=O) groups is 2. The van der Waals surface area contributed by atoms with Crippen LogP contribution in [-0.4, -0.2) is 144 Å². The fourth-order valence-corrected chi connectivity index (χ4v) is 5.20. The normalized spacial score (nSPS) is 29.6. The Labute approximate surface area is 270 Å². The van der Waals surface area contributed by atoms with Gasteiger partial charge in [0.2, 0.25) is 12.1 Å². The van der Waals surface area contributed by atoms with Gasteiger partial charge in [0.15, 0.2) is 18.4 Å². The molecule has 0 saturated carbocycles. The van der Waals surface area contributed by atoms with Gasteiger partial charge in [0, 0.05) is 32.3 Å². The molecule has 0 unspecified atom stereocenters. The maximum atomic E-state index is 12.9. The van der Waals surface area contributed by atoms with Gasteiger partial charge in [0.05, 0.1) is 56.1 Å². The number of carboxylic acids is 1. The average Bonchev–Trinajstić information content (AvgIpc) is 3.05. The molecule has 10 N–H and O–H groups in total. The average molecular weight is 670 g/mol. The molecule has 262 valence electrons. The Balaban J connectivity index is 2.06. The van der Waals surface area contributed by atoms with Crippen LogP contribution in [0.4, 0.5) is 0 Å². The molecular formula is C29H43N5O13. The SMILES string of the molecule is C=C[C@H]1[C@H](O[C@@H]2O[C@H](CO)[C@@H](O)C(O)(O)[C@H]2OCNC)OC=C(C(=O)OC)[C@H]1/C=C/C1=C(NC(N)=NC)C(C(=O)O)=CN(CCO)C1. The van der Waals surface area contributed by atoms with Gasteiger partial charge in [-0.05, 0) is 12.6 Å². The van der Waals surface area contributed by atoms with E-state index in [4.69, 9.17) is 29.4 Å². The number of aliphatic hydroxyl groups excluding tert-OH is 3. The summed E-state index contributed by atoms with van der Waals surface area (Å²) in [6, 6.07) is 0. The molecule has 18 heteroatoms. The second kappa shape index (κ2) is 16.8. The number of hydrogen-bond acceptors (Lipinski definition) is 15. The van der Waals surface area contributed by atoms with Gasteiger partial charge in [-0.15, -0.1) is 6.58 Å². The molecule has 1 saturated heterocycles. The lowest BCUT2D eigenvalue weighted by Crippen LogP contribution is -2.69. The van der Waals surface area contributed by atoms with Crippen LogP contribution in [0.1, 0.15) is 0 Å². The molecule has 3 aliphatic rings. The summed E-state index contributed by atoms with van der Waals surface area (Å²) in [6.45, 7) is 2.85. The zero-order chi connectivity index (χ0) is 34.9. The molecule has 0 aromatic rings. The molecule has 0 spiro atoms. The molecule has 0 aromatic heterocycles. The summed E-state index contributed by atoms with van der Waals surface area (Å²) in [4.78, 5) is 30.5. The van der Waals surface area contributed by atoms with Gasteiger partial charge in [-0.25, -0.2) is 9.59 Å². The summed E-state index contributed by atoms with van der Waals surface area (Å²) in [7, 11) is 4.12. The highest BCUT2D eigenvalue weighted by atomic mass is 16.8. The summed E-state index contributed by atoms with van der Waals surface area (Å²) < 4.78 is 27.8. The van der Waals surface area contributed by atoms with Crippen molar-refractivity contribution in [2.45, 2.75) is 36.7 Å². The number of ether oxygens (including phenoxy) is 5. The number of nitrogens with one attached hydrogen (secondary N) is 2. The zero-order valence-corrected chi connectivity index (χ0v) is 26.2. The number of aliphatic carboxylic acids is 1. The Kier molecular flexibility index (Phi) is 13.5. The van der Waals surface area contributed by atoms with E-state index in [9.17, 15) is 40.2 Å². The van der Waals surface area contributed by atoms with Crippen molar-refractivity contribution >= 4 is 17.9 Å². The molecule has 0 bridgehead atoms. The minimum Gasteiger partial charge on any atom is -0.478 e. The number of rotatable bonds is 14. The Morgan fingerprint density at radius 1 is 1.30 bits per heavy atom. The van der Waals surface area contributed by atoms with Crippen molar-refractivity contribution in [3.05, 3.63) is 59.7 Å². The van der Waals surface area contributed by atoms with E-state index in [-0.39, 0.29) is 49.2 Å². The molecule has 0 aliphatic carbocycles. The van der Waals surface area contributed by atoms with Gasteiger partial charge in [-0.1, -0.05) is 18.2 Å². The van der Waals surface area contributed by atoms with Crippen LogP contribution >= 0.6 is 0 Å². The van der Waals surface area contributed by atoms with Crippen LogP contribution in [0.15, 0.2) is 64.7 Å². The summed E-state index contributed by atoms with van der Waals surface area (Å²) in [5, 5.41) is 66.6. The first-order valence-electron chi connectivity index (χ1n) is 14.5. The molecule has 0 radical (unpaired) electrons. The molecule has 3 heterocycles. The second-order valence-electron chi connectivity index (χ2n) is 10.6. The van der Waals surface area contributed by atoms with E-state index in [1.807, 2.05) is 0 Å². The van der Waals surface area contributed by atoms with E-state index in [2.05, 4.69) is 22.2 Å². The summed E-state index contributed by atoms with van der Waals surface area (Å²) in [5.74, 6) is -6.80. The number of carbonyl (C=O) groups excluding carboxylic acids is 1. The third kappa shape index (κ3) is 8.55. The Hall–Kier alpha value is -3.85. The Bertz CT molecular complexity index is 1300. The van der Waals surface area contributed by atoms with Crippen LogP contribution in [0.2, 0.25) is 0 Å². The number of hydrogen-bond donors (Lipinski definition) is 9. The van der Waals surface area contributed by atoms with E-state index in [1.54, 1.807) is 17.1 Å². The van der Waals surface area contributed by atoms with Gasteiger partial charge in [0.1, 0.15) is 12.2 Å². The lowest BCUT2D eigenvalue weighted by atomic mass is 9.83. The lowest BCUT2D eigenvalue weighted by Gasteiger charge is -2.47. The van der Waals surface area contributed by atoms with Gasteiger partial charge in [0.25, 0.3) is 0 Å². The second-order valence-corrected chi connectivity index (χ2v) is 10.6. The Morgan fingerprint density at radius 3 is 2.60 bits per heavy atom. The minimum atomic E-state index is -2.92. The number of allylic oxidation sites excluding steroid dienone is 1. The van der Waals surface area contributed by atoms with E-state index in [1.165, 1.54) is 33.5 Å². The number of aliphatic imine (C=N–C) groups is 1. The highest BCUT2D eigenvalue weighted by Gasteiger charge is 2.57. The van der Waals surface area contributed by atoms with E-state index in [0.29, 0.717) is 5.57 Å². The highest BCUT2D eigenvalue weighted by Crippen LogP contribution is 2.38. The van der Waals surface area contributed by atoms with Crippen molar-refractivity contribution in [3.8, 4) is 0 Å². The number of methoxy groups -OCH3 is 1. The third-order valence-electron chi connectivity index (χ3n) is 7.62. The molecule has 18 nitrogen and oxygen atoms in total. The topological polar surface area (TPSA) is 267 Å². The minimum absolute atomic E-state index is 0.0325. The monoisotopic (exact) mass is 669 g/mol. The zero-order valence-electron chi connectivity index (χ0n) is 26.2.